The molecule has 18 heteroatoms. The Labute approximate surface area is 447 Å². The highest BCUT2D eigenvalue weighted by molar-refractivity contribution is 5.70. The zero-order valence-corrected chi connectivity index (χ0v) is 45.0. The van der Waals surface area contributed by atoms with E-state index in [1.165, 1.54) is 0 Å². The van der Waals surface area contributed by atoms with Gasteiger partial charge in [-0.05, 0) is 86.7 Å². The summed E-state index contributed by atoms with van der Waals surface area (Å²) >= 11 is 0. The first-order valence-corrected chi connectivity index (χ1v) is 29.8. The van der Waals surface area contributed by atoms with Crippen LogP contribution in [0, 0.1) is 23.7 Å². The standard InChI is InChI=1S/C58H85NO17/c1-25-13-31-7-9-37-26(2)14-33(63-37)11-12-57-23-45-53(75-57)54-55(70-45)56(76-57)52-38(68-54)10-8-32(66-52)17-47(62)72-51-30(6)50-43(67-42(51)19-39(64-31)29(25)5)20-40-44(69-50)22-58(73-40)21-36(61)48(74-58)27(3)15-34-16-28(4)49-41(65-34)18-35(60)46(24-59)71-49/h25,27-28,30-46,48-56,60-61H,2,5,7-24,59H2,1,3-4,6H3. The minimum Gasteiger partial charge on any atom is -0.459 e. The molecule has 0 radical (unpaired) electrons. The van der Waals surface area contributed by atoms with Crippen LogP contribution in [0.2, 0.25) is 0 Å². The molecule has 76 heavy (non-hydrogen) atoms. The fourth-order valence-corrected chi connectivity index (χ4v) is 17.3. The lowest BCUT2D eigenvalue weighted by molar-refractivity contribution is -0.293. The van der Waals surface area contributed by atoms with Crippen LogP contribution in [0.4, 0.5) is 0 Å². The number of aliphatic hydroxyl groups is 2. The molecule has 12 bridgehead atoms. The predicted octanol–water partition coefficient (Wildman–Crippen LogP) is 4.78. The molecule has 31 atom stereocenters. The Morgan fingerprint density at radius 1 is 0.579 bits per heavy atom. The summed E-state index contributed by atoms with van der Waals surface area (Å²) in [5.41, 5.74) is 8.04. The number of aliphatic hydroxyl groups excluding tert-OH is 2. The molecule has 0 aromatic heterocycles. The number of esters is 1. The molecule has 15 rings (SSSR count). The van der Waals surface area contributed by atoms with E-state index >= 15 is 0 Å². The van der Waals surface area contributed by atoms with Crippen LogP contribution >= 0.6 is 0 Å². The van der Waals surface area contributed by atoms with Gasteiger partial charge in [-0.3, -0.25) is 4.79 Å². The van der Waals surface area contributed by atoms with Crippen molar-refractivity contribution in [1.29, 1.82) is 0 Å². The predicted molar refractivity (Wildman–Crippen MR) is 267 cm³/mol. The molecule has 15 fully saturated rings. The summed E-state index contributed by atoms with van der Waals surface area (Å²) < 4.78 is 95.4. The molecule has 4 N–H and O–H groups in total. The van der Waals surface area contributed by atoms with E-state index in [4.69, 9.17) is 72.0 Å². The Kier molecular flexibility index (Phi) is 13.8. The third-order valence-corrected chi connectivity index (χ3v) is 21.1. The molecule has 2 spiro atoms. The summed E-state index contributed by atoms with van der Waals surface area (Å²) in [7, 11) is 0. The molecule has 15 aliphatic rings. The first-order valence-electron chi connectivity index (χ1n) is 29.8. The molecule has 0 aromatic rings. The van der Waals surface area contributed by atoms with E-state index < -0.39 is 66.5 Å². The monoisotopic (exact) mass is 1070 g/mol. The second-order valence-corrected chi connectivity index (χ2v) is 26.4. The highest BCUT2D eigenvalue weighted by Gasteiger charge is 2.69. The molecular weight excluding hydrogens is 983 g/mol. The van der Waals surface area contributed by atoms with E-state index in [1.54, 1.807) is 0 Å². The Bertz CT molecular complexity index is 2200. The average molecular weight is 1070 g/mol. The molecule has 15 saturated heterocycles. The zero-order valence-electron chi connectivity index (χ0n) is 45.0. The molecule has 15 heterocycles. The van der Waals surface area contributed by atoms with Gasteiger partial charge in [0.1, 0.15) is 36.6 Å². The fourth-order valence-electron chi connectivity index (χ4n) is 17.3. The summed E-state index contributed by atoms with van der Waals surface area (Å²) in [6, 6.07) is 0. The van der Waals surface area contributed by atoms with Crippen molar-refractivity contribution in [2.24, 2.45) is 29.4 Å². The van der Waals surface area contributed by atoms with E-state index in [0.29, 0.717) is 57.8 Å². The Hall–Kier alpha value is -1.69. The van der Waals surface area contributed by atoms with Gasteiger partial charge in [-0.25, -0.2) is 0 Å². The number of fused-ring (bicyclic) bond motifs is 9. The lowest BCUT2D eigenvalue weighted by Crippen LogP contribution is -2.62. The van der Waals surface area contributed by atoms with Gasteiger partial charge in [-0.15, -0.1) is 0 Å². The van der Waals surface area contributed by atoms with Gasteiger partial charge in [0.2, 0.25) is 0 Å². The van der Waals surface area contributed by atoms with E-state index in [-0.39, 0.29) is 140 Å². The van der Waals surface area contributed by atoms with Crippen LogP contribution < -0.4 is 5.73 Å². The summed E-state index contributed by atoms with van der Waals surface area (Å²) in [4.78, 5) is 14.5. The normalized spacial score (nSPS) is 57.0. The number of hydrogen-bond donors (Lipinski definition) is 3. The average Bonchev–Trinajstić information content (AvgIpc) is 4.33. The van der Waals surface area contributed by atoms with Gasteiger partial charge < -0.3 is 82.3 Å². The van der Waals surface area contributed by atoms with E-state index in [2.05, 4.69) is 40.9 Å². The van der Waals surface area contributed by atoms with Crippen molar-refractivity contribution in [3.63, 3.8) is 0 Å². The van der Waals surface area contributed by atoms with Crippen molar-refractivity contribution in [3.05, 3.63) is 24.3 Å². The van der Waals surface area contributed by atoms with Gasteiger partial charge in [0.05, 0.1) is 122 Å². The maximum absolute atomic E-state index is 14.5. The minimum absolute atomic E-state index is 0.0164. The first-order chi connectivity index (χ1) is 36.6. The van der Waals surface area contributed by atoms with E-state index in [9.17, 15) is 15.0 Å². The fraction of sp³-hybridized carbons (Fsp3) is 0.914. The van der Waals surface area contributed by atoms with Gasteiger partial charge in [0, 0.05) is 57.4 Å². The number of carbonyl (C=O) groups excluding carboxylic acids is 1. The molecule has 18 nitrogen and oxygen atoms in total. The molecule has 0 amide bonds. The number of carbonyl (C=O) groups is 1. The van der Waals surface area contributed by atoms with Crippen LogP contribution in [-0.2, 0) is 71.1 Å². The van der Waals surface area contributed by atoms with Crippen LogP contribution in [0.3, 0.4) is 0 Å². The van der Waals surface area contributed by atoms with Crippen molar-refractivity contribution < 1.29 is 81.3 Å². The van der Waals surface area contributed by atoms with E-state index in [0.717, 1.165) is 56.1 Å². The van der Waals surface area contributed by atoms with Crippen molar-refractivity contribution in [2.45, 2.75) is 301 Å². The lowest BCUT2D eigenvalue weighted by atomic mass is 9.79. The maximum Gasteiger partial charge on any atom is 0.308 e. The zero-order chi connectivity index (χ0) is 52.1. The van der Waals surface area contributed by atoms with Gasteiger partial charge in [0.25, 0.3) is 0 Å². The summed E-state index contributed by atoms with van der Waals surface area (Å²) in [6.07, 6.45) is 2.83. The van der Waals surface area contributed by atoms with Gasteiger partial charge in [0.15, 0.2) is 11.6 Å². The Balaban J connectivity index is 0.681. The van der Waals surface area contributed by atoms with E-state index in [1.807, 2.05) is 0 Å². The second kappa shape index (κ2) is 20.0. The molecule has 424 valence electrons. The summed E-state index contributed by atoms with van der Waals surface area (Å²) in [5.74, 6) is -2.02. The van der Waals surface area contributed by atoms with Crippen LogP contribution in [0.25, 0.3) is 0 Å². The molecule has 0 aliphatic carbocycles. The highest BCUT2D eigenvalue weighted by atomic mass is 16.8. The van der Waals surface area contributed by atoms with Crippen LogP contribution in [0.15, 0.2) is 24.3 Å². The number of ether oxygens (including phenoxy) is 14. The van der Waals surface area contributed by atoms with Crippen LogP contribution in [0.1, 0.15) is 137 Å². The maximum atomic E-state index is 14.5. The quantitative estimate of drug-likeness (QED) is 0.256. The second-order valence-electron chi connectivity index (χ2n) is 26.4. The van der Waals surface area contributed by atoms with Gasteiger partial charge in [-0.2, -0.15) is 0 Å². The molecule has 31 unspecified atom stereocenters. The SMILES string of the molecule is C=C1CC2CCC34CC5OC6C(OC7CCC(CC(=O)OC8C(CC9OC(CCC1O2)CC(C)C9=C)OC1CC2OC9(CC(O)C(C(C)CC%10CC(C)C%11OC(CN)C(O)CC%11O%10)O9)CC2OC1C8C)OC7C6O3)C5O4. The van der Waals surface area contributed by atoms with Crippen LogP contribution in [0.5, 0.6) is 0 Å². The number of hydrogen-bond acceptors (Lipinski definition) is 18. The first kappa shape index (κ1) is 52.4. The highest BCUT2D eigenvalue weighted by Crippen LogP contribution is 2.56. The topological polar surface area (TPSA) is 213 Å². The molecule has 15 aliphatic heterocycles. The van der Waals surface area contributed by atoms with Crippen molar-refractivity contribution in [2.75, 3.05) is 6.54 Å². The number of nitrogens with two attached hydrogens (primary N) is 1. The molecular formula is C58H85NO17. The third-order valence-electron chi connectivity index (χ3n) is 21.1. The van der Waals surface area contributed by atoms with Crippen molar-refractivity contribution in [3.8, 4) is 0 Å². The number of rotatable bonds is 4. The third kappa shape index (κ3) is 9.26. The Morgan fingerprint density at radius 3 is 2.17 bits per heavy atom. The lowest BCUT2D eigenvalue weighted by Gasteiger charge is -2.50. The van der Waals surface area contributed by atoms with Crippen molar-refractivity contribution >= 4 is 5.97 Å². The van der Waals surface area contributed by atoms with Crippen molar-refractivity contribution in [1.82, 2.24) is 0 Å². The summed E-state index contributed by atoms with van der Waals surface area (Å²) in [5, 5.41) is 22.4. The Morgan fingerprint density at radius 2 is 1.32 bits per heavy atom. The summed E-state index contributed by atoms with van der Waals surface area (Å²) in [6.45, 7) is 18.0. The van der Waals surface area contributed by atoms with Gasteiger partial charge >= 0.3 is 5.97 Å². The van der Waals surface area contributed by atoms with Crippen LogP contribution in [-0.4, -0.2) is 187 Å². The smallest absolute Gasteiger partial charge is 0.308 e. The largest absolute Gasteiger partial charge is 0.459 e. The molecule has 0 aromatic carbocycles. The molecule has 0 saturated carbocycles. The minimum atomic E-state index is -1.02. The van der Waals surface area contributed by atoms with Gasteiger partial charge in [-0.1, -0.05) is 40.9 Å².